The van der Waals surface area contributed by atoms with Crippen molar-refractivity contribution >= 4 is 38.9 Å². The maximum absolute atomic E-state index is 9.44. The summed E-state index contributed by atoms with van der Waals surface area (Å²) in [6.45, 7) is 0. The number of hydrogen-bond donors (Lipinski definition) is 0. The molecule has 208 valence electrons. The highest BCUT2D eigenvalue weighted by Crippen LogP contribution is 2.41. The minimum Gasteiger partial charge on any atom is -0.310 e. The van der Waals surface area contributed by atoms with Gasteiger partial charge in [0.25, 0.3) is 0 Å². The first-order valence-electron chi connectivity index (χ1n) is 18.8. The van der Waals surface area contributed by atoms with Gasteiger partial charge < -0.3 is 9.47 Å². The Labute approximate surface area is 270 Å². The van der Waals surface area contributed by atoms with E-state index in [0.29, 0.717) is 16.8 Å². The predicted octanol–water partition coefficient (Wildman–Crippen LogP) is 11.6. The molecule has 0 unspecified atom stereocenters. The van der Waals surface area contributed by atoms with Crippen LogP contribution in [0.1, 0.15) is 12.3 Å². The summed E-state index contributed by atoms with van der Waals surface area (Å²) in [5, 5.41) is 1.84. The highest BCUT2D eigenvalue weighted by atomic mass is 15.1. The Morgan fingerprint density at radius 3 is 1.89 bits per heavy atom. The summed E-state index contributed by atoms with van der Waals surface area (Å²) in [4.78, 5) is 1.28. The Balaban J connectivity index is 1.40. The molecule has 0 saturated carbocycles. The van der Waals surface area contributed by atoms with Gasteiger partial charge in [-0.3, -0.25) is 0 Å². The molecule has 0 aliphatic rings. The third-order valence-corrected chi connectivity index (χ3v) is 7.75. The molecule has 0 saturated heterocycles. The number of para-hydroxylation sites is 4. The largest absolute Gasteiger partial charge is 0.310 e. The van der Waals surface area contributed by atoms with Crippen LogP contribution >= 0.6 is 0 Å². The average molecular weight is 572 g/mol. The molecular formula is C42H30N2. The normalized spacial score (nSPS) is 14.0. The molecule has 1 aromatic heterocycles. The topological polar surface area (TPSA) is 8.17 Å². The second-order valence-electron chi connectivity index (χ2n) is 10.3. The van der Waals surface area contributed by atoms with E-state index in [1.54, 1.807) is 30.3 Å². The van der Waals surface area contributed by atoms with Crippen molar-refractivity contribution in [1.29, 1.82) is 0 Å². The zero-order valence-corrected chi connectivity index (χ0v) is 23.5. The molecule has 0 aliphatic carbocycles. The molecule has 0 N–H and O–H groups in total. The monoisotopic (exact) mass is 571 g/mol. The van der Waals surface area contributed by atoms with Crippen LogP contribution in [0.5, 0.6) is 0 Å². The van der Waals surface area contributed by atoms with Gasteiger partial charge in [-0.2, -0.15) is 0 Å². The standard InChI is InChI=1S/C42H30N2/c1-4-14-32(15-5-1)37-20-10-12-22-40(37)43(34-16-6-2-7-17-34)36-27-24-31(25-28-36)33-26-29-42-39(30-33)38-21-11-13-23-41(38)44(42)35-18-8-3-9-19-35/h1-30H/i2D,6D,7D,16D,17D,24D,25D,27D,28D. The first-order chi connectivity index (χ1) is 25.6. The molecule has 0 radical (unpaired) electrons. The first kappa shape index (κ1) is 17.9. The van der Waals surface area contributed by atoms with Crippen LogP contribution < -0.4 is 4.90 Å². The molecule has 7 aromatic carbocycles. The number of hydrogen-bond acceptors (Lipinski definition) is 1. The molecule has 0 spiro atoms. The summed E-state index contributed by atoms with van der Waals surface area (Å²) >= 11 is 0. The molecule has 0 bridgehead atoms. The summed E-state index contributed by atoms with van der Waals surface area (Å²) in [6.07, 6.45) is 0. The molecule has 44 heavy (non-hydrogen) atoms. The van der Waals surface area contributed by atoms with Crippen LogP contribution in [0.15, 0.2) is 182 Å². The third-order valence-electron chi connectivity index (χ3n) is 7.75. The molecule has 0 atom stereocenters. The zero-order valence-electron chi connectivity index (χ0n) is 32.5. The van der Waals surface area contributed by atoms with Gasteiger partial charge in [-0.05, 0) is 77.3 Å². The lowest BCUT2D eigenvalue weighted by Gasteiger charge is -2.28. The minimum atomic E-state index is -0.585. The van der Waals surface area contributed by atoms with Crippen molar-refractivity contribution in [3.05, 3.63) is 182 Å². The third kappa shape index (κ3) is 4.54. The number of rotatable bonds is 6. The maximum Gasteiger partial charge on any atom is 0.0645 e. The van der Waals surface area contributed by atoms with Crippen molar-refractivity contribution in [2.24, 2.45) is 0 Å². The molecule has 2 heteroatoms. The van der Waals surface area contributed by atoms with Gasteiger partial charge >= 0.3 is 0 Å². The molecule has 8 aromatic rings. The fourth-order valence-electron chi connectivity index (χ4n) is 5.78. The fraction of sp³-hybridized carbons (Fsp3) is 0. The molecule has 1 heterocycles. The lowest BCUT2D eigenvalue weighted by molar-refractivity contribution is 1.18. The molecule has 0 aliphatic heterocycles. The fourth-order valence-corrected chi connectivity index (χ4v) is 5.78. The van der Waals surface area contributed by atoms with Crippen molar-refractivity contribution in [1.82, 2.24) is 4.57 Å². The van der Waals surface area contributed by atoms with Crippen LogP contribution in [0.25, 0.3) is 49.7 Å². The molecular weight excluding hydrogens is 532 g/mol. The summed E-state index contributed by atoms with van der Waals surface area (Å²) in [5.74, 6) is 0. The molecule has 2 nitrogen and oxygen atoms in total. The van der Waals surface area contributed by atoms with Crippen molar-refractivity contribution < 1.29 is 12.3 Å². The van der Waals surface area contributed by atoms with Gasteiger partial charge in [0, 0.05) is 33.4 Å². The zero-order chi connectivity index (χ0) is 37.1. The van der Waals surface area contributed by atoms with E-state index in [0.717, 1.165) is 33.1 Å². The van der Waals surface area contributed by atoms with Crippen LogP contribution in [0.4, 0.5) is 17.1 Å². The minimum absolute atomic E-state index is 0.0829. The molecule has 0 fully saturated rings. The van der Waals surface area contributed by atoms with Crippen LogP contribution in [0.3, 0.4) is 0 Å². The van der Waals surface area contributed by atoms with Crippen molar-refractivity contribution in [3.8, 4) is 27.9 Å². The Hall–Kier alpha value is -5.86. The van der Waals surface area contributed by atoms with Gasteiger partial charge in [-0.25, -0.2) is 0 Å². The van der Waals surface area contributed by atoms with Crippen LogP contribution in [-0.4, -0.2) is 4.57 Å². The summed E-state index contributed by atoms with van der Waals surface area (Å²) in [6, 6.07) is 35.5. The Bertz CT molecular complexity index is 2670. The van der Waals surface area contributed by atoms with Crippen molar-refractivity contribution in [2.75, 3.05) is 4.90 Å². The SMILES string of the molecule is [2H]c1c([2H])c([2H])c(N(c2ccccc2-c2ccccc2)c2c([2H])c([2H])c(-c3ccc4c(c3)c3ccccc3n4-c3ccccc3)c([2H])c2[2H])c([2H])c1[2H]. The first-order valence-corrected chi connectivity index (χ1v) is 14.3. The highest BCUT2D eigenvalue weighted by Gasteiger charge is 2.17. The highest BCUT2D eigenvalue weighted by molar-refractivity contribution is 6.10. The van der Waals surface area contributed by atoms with Crippen LogP contribution in [0.2, 0.25) is 0 Å². The number of fused-ring (bicyclic) bond motifs is 3. The number of nitrogens with zero attached hydrogens (tertiary/aromatic N) is 2. The van der Waals surface area contributed by atoms with E-state index in [2.05, 4.69) is 4.57 Å². The van der Waals surface area contributed by atoms with Crippen LogP contribution in [0, 0.1) is 0 Å². The number of anilines is 3. The lowest BCUT2D eigenvalue weighted by Crippen LogP contribution is -2.11. The van der Waals surface area contributed by atoms with Crippen molar-refractivity contribution in [2.45, 2.75) is 0 Å². The number of benzene rings is 7. The van der Waals surface area contributed by atoms with Gasteiger partial charge in [0.1, 0.15) is 0 Å². The smallest absolute Gasteiger partial charge is 0.0645 e. The molecule has 8 rings (SSSR count). The van der Waals surface area contributed by atoms with E-state index in [4.69, 9.17) is 6.85 Å². The van der Waals surface area contributed by atoms with Crippen LogP contribution in [-0.2, 0) is 0 Å². The Kier molecular flexibility index (Phi) is 4.52. The average Bonchev–Trinajstić information content (AvgIpc) is 3.52. The predicted molar refractivity (Wildman–Crippen MR) is 186 cm³/mol. The van der Waals surface area contributed by atoms with Gasteiger partial charge in [0.2, 0.25) is 0 Å². The second-order valence-corrected chi connectivity index (χ2v) is 10.3. The van der Waals surface area contributed by atoms with E-state index in [1.807, 2.05) is 97.1 Å². The summed E-state index contributed by atoms with van der Waals surface area (Å²) in [7, 11) is 0. The lowest BCUT2D eigenvalue weighted by atomic mass is 10.0. The van der Waals surface area contributed by atoms with E-state index in [1.165, 1.54) is 4.90 Å². The Morgan fingerprint density at radius 2 is 1.09 bits per heavy atom. The summed E-state index contributed by atoms with van der Waals surface area (Å²) in [5.41, 5.74) is 4.57. The maximum atomic E-state index is 9.44. The van der Waals surface area contributed by atoms with E-state index < -0.39 is 42.3 Å². The van der Waals surface area contributed by atoms with E-state index >= 15 is 0 Å². The van der Waals surface area contributed by atoms with Crippen molar-refractivity contribution in [3.63, 3.8) is 0 Å². The van der Waals surface area contributed by atoms with E-state index in [-0.39, 0.29) is 29.0 Å². The van der Waals surface area contributed by atoms with Gasteiger partial charge in [-0.1, -0.05) is 121 Å². The summed E-state index contributed by atoms with van der Waals surface area (Å²) < 4.78 is 82.8. The quantitative estimate of drug-likeness (QED) is 0.193. The Morgan fingerprint density at radius 1 is 0.455 bits per heavy atom. The second kappa shape index (κ2) is 11.1. The van der Waals surface area contributed by atoms with Gasteiger partial charge in [-0.15, -0.1) is 0 Å². The number of aromatic nitrogens is 1. The van der Waals surface area contributed by atoms with Gasteiger partial charge in [0.15, 0.2) is 0 Å². The van der Waals surface area contributed by atoms with Gasteiger partial charge in [0.05, 0.1) is 29.1 Å². The van der Waals surface area contributed by atoms with E-state index in [9.17, 15) is 5.48 Å². The molecule has 0 amide bonds.